The Morgan fingerprint density at radius 1 is 1.40 bits per heavy atom. The van der Waals surface area contributed by atoms with Crippen LogP contribution in [0.1, 0.15) is 17.3 Å². The van der Waals surface area contributed by atoms with Crippen LogP contribution in [-0.2, 0) is 0 Å². The van der Waals surface area contributed by atoms with Crippen LogP contribution in [0.3, 0.4) is 0 Å². The van der Waals surface area contributed by atoms with Crippen molar-refractivity contribution >= 4 is 36.5 Å². The molecule has 5 nitrogen and oxygen atoms in total. The number of aromatic nitrogens is 1. The predicted octanol–water partition coefficient (Wildman–Crippen LogP) is 1.43. The van der Waals surface area contributed by atoms with Crippen LogP contribution in [0, 0.1) is 0 Å². The number of amides is 1. The van der Waals surface area contributed by atoms with Crippen molar-refractivity contribution in [2.24, 2.45) is 0 Å². The molecule has 2 heterocycles. The quantitative estimate of drug-likeness (QED) is 0.895. The third-order valence-electron chi connectivity index (χ3n) is 3.22. The van der Waals surface area contributed by atoms with Crippen LogP contribution in [0.2, 0.25) is 0 Å². The number of anilines is 1. The number of rotatable bonds is 2. The van der Waals surface area contributed by atoms with E-state index < -0.39 is 0 Å². The first-order valence-electron chi connectivity index (χ1n) is 6.24. The zero-order chi connectivity index (χ0) is 13.1. The minimum Gasteiger partial charge on any atom is -0.363 e. The second-order valence-corrected chi connectivity index (χ2v) is 4.85. The summed E-state index contributed by atoms with van der Waals surface area (Å²) in [6.07, 6.45) is 1.66. The van der Waals surface area contributed by atoms with E-state index in [9.17, 15) is 4.79 Å². The van der Waals surface area contributed by atoms with Crippen LogP contribution >= 0.6 is 24.8 Å². The van der Waals surface area contributed by atoms with Gasteiger partial charge in [-0.25, -0.2) is 4.98 Å². The Labute approximate surface area is 132 Å². The molecule has 1 aliphatic rings. The summed E-state index contributed by atoms with van der Waals surface area (Å²) in [6.45, 7) is 4.54. The maximum Gasteiger partial charge on any atom is 0.255 e. The van der Waals surface area contributed by atoms with E-state index in [2.05, 4.69) is 17.2 Å². The normalized spacial score (nSPS) is 17.8. The number of halogens is 2. The molecule has 2 rings (SSSR count). The lowest BCUT2D eigenvalue weighted by Crippen LogP contribution is -2.52. The minimum absolute atomic E-state index is 0. The molecule has 1 fully saturated rings. The highest BCUT2D eigenvalue weighted by atomic mass is 35.5. The average Bonchev–Trinajstić information content (AvgIpc) is 2.38. The smallest absolute Gasteiger partial charge is 0.255 e. The summed E-state index contributed by atoms with van der Waals surface area (Å²) in [5.74, 6) is 0.932. The van der Waals surface area contributed by atoms with Gasteiger partial charge in [-0.15, -0.1) is 24.8 Å². The molecule has 0 saturated carbocycles. The van der Waals surface area contributed by atoms with E-state index in [1.165, 1.54) is 0 Å². The SMILES string of the molecule is C[C@@H]1CNCCN1C(=O)c1ccc(N(C)C)nc1.Cl.Cl. The van der Waals surface area contributed by atoms with E-state index in [1.54, 1.807) is 6.20 Å². The Kier molecular flexibility index (Phi) is 7.86. The number of piperazine rings is 1. The topological polar surface area (TPSA) is 48.5 Å². The number of nitrogens with one attached hydrogen (secondary N) is 1. The van der Waals surface area contributed by atoms with Crippen molar-refractivity contribution < 1.29 is 4.79 Å². The minimum atomic E-state index is 0. The fraction of sp³-hybridized carbons (Fsp3) is 0.538. The van der Waals surface area contributed by atoms with Crippen molar-refractivity contribution in [2.45, 2.75) is 13.0 Å². The summed E-state index contributed by atoms with van der Waals surface area (Å²) in [6, 6.07) is 3.96. The third-order valence-corrected chi connectivity index (χ3v) is 3.22. The van der Waals surface area contributed by atoms with Gasteiger partial charge in [-0.2, -0.15) is 0 Å². The Bertz CT molecular complexity index is 425. The molecule has 1 atom stereocenters. The summed E-state index contributed by atoms with van der Waals surface area (Å²) in [7, 11) is 3.87. The van der Waals surface area contributed by atoms with Gasteiger partial charge in [0.2, 0.25) is 0 Å². The van der Waals surface area contributed by atoms with Crippen molar-refractivity contribution in [1.82, 2.24) is 15.2 Å². The largest absolute Gasteiger partial charge is 0.363 e. The summed E-state index contributed by atoms with van der Waals surface area (Å²) in [5, 5.41) is 3.28. The van der Waals surface area contributed by atoms with E-state index in [0.717, 1.165) is 25.5 Å². The van der Waals surface area contributed by atoms with Gasteiger partial charge in [-0.3, -0.25) is 4.79 Å². The fourth-order valence-corrected chi connectivity index (χ4v) is 2.09. The van der Waals surface area contributed by atoms with E-state index in [4.69, 9.17) is 0 Å². The van der Waals surface area contributed by atoms with Gasteiger partial charge in [0.25, 0.3) is 5.91 Å². The molecular weight excluding hydrogens is 299 g/mol. The summed E-state index contributed by atoms with van der Waals surface area (Å²) >= 11 is 0. The molecule has 1 saturated heterocycles. The first kappa shape index (κ1) is 19.0. The van der Waals surface area contributed by atoms with E-state index in [-0.39, 0.29) is 36.8 Å². The van der Waals surface area contributed by atoms with Crippen LogP contribution in [0.25, 0.3) is 0 Å². The summed E-state index contributed by atoms with van der Waals surface area (Å²) in [4.78, 5) is 20.4. The van der Waals surface area contributed by atoms with E-state index in [1.807, 2.05) is 36.0 Å². The van der Waals surface area contributed by atoms with Crippen molar-refractivity contribution in [3.05, 3.63) is 23.9 Å². The monoisotopic (exact) mass is 320 g/mol. The molecule has 1 aromatic rings. The fourth-order valence-electron chi connectivity index (χ4n) is 2.09. The molecule has 0 aromatic carbocycles. The molecule has 0 aliphatic carbocycles. The molecule has 0 radical (unpaired) electrons. The molecular formula is C13H22Cl2N4O. The number of carbonyl (C=O) groups excluding carboxylic acids is 1. The lowest BCUT2D eigenvalue weighted by atomic mass is 10.1. The van der Waals surface area contributed by atoms with Crippen LogP contribution < -0.4 is 10.2 Å². The van der Waals surface area contributed by atoms with Crippen molar-refractivity contribution in [2.75, 3.05) is 38.6 Å². The maximum absolute atomic E-state index is 12.3. The first-order chi connectivity index (χ1) is 8.59. The summed E-state index contributed by atoms with van der Waals surface area (Å²) in [5.41, 5.74) is 0.661. The number of pyridine rings is 1. The van der Waals surface area contributed by atoms with Gasteiger partial charge in [-0.1, -0.05) is 0 Å². The Morgan fingerprint density at radius 3 is 2.60 bits per heavy atom. The molecule has 0 bridgehead atoms. The predicted molar refractivity (Wildman–Crippen MR) is 86.4 cm³/mol. The van der Waals surface area contributed by atoms with Gasteiger partial charge in [0.15, 0.2) is 0 Å². The van der Waals surface area contributed by atoms with Crippen molar-refractivity contribution in [1.29, 1.82) is 0 Å². The average molecular weight is 321 g/mol. The molecule has 7 heteroatoms. The number of hydrogen-bond acceptors (Lipinski definition) is 4. The van der Waals surface area contributed by atoms with Gasteiger partial charge in [0.1, 0.15) is 5.82 Å². The maximum atomic E-state index is 12.3. The van der Waals surface area contributed by atoms with Crippen LogP contribution in [0.15, 0.2) is 18.3 Å². The van der Waals surface area contributed by atoms with E-state index in [0.29, 0.717) is 5.56 Å². The van der Waals surface area contributed by atoms with Crippen LogP contribution in [0.5, 0.6) is 0 Å². The van der Waals surface area contributed by atoms with E-state index >= 15 is 0 Å². The highest BCUT2D eigenvalue weighted by molar-refractivity contribution is 5.94. The lowest BCUT2D eigenvalue weighted by Gasteiger charge is -2.34. The second kappa shape index (κ2) is 8.29. The third kappa shape index (κ3) is 4.23. The van der Waals surface area contributed by atoms with Crippen molar-refractivity contribution in [3.8, 4) is 0 Å². The van der Waals surface area contributed by atoms with Crippen LogP contribution in [-0.4, -0.2) is 55.6 Å². The molecule has 1 aromatic heterocycles. The van der Waals surface area contributed by atoms with Gasteiger partial charge in [-0.05, 0) is 19.1 Å². The zero-order valence-corrected chi connectivity index (χ0v) is 13.6. The first-order valence-corrected chi connectivity index (χ1v) is 6.24. The Morgan fingerprint density at radius 2 is 2.10 bits per heavy atom. The molecule has 1 N–H and O–H groups in total. The highest BCUT2D eigenvalue weighted by Crippen LogP contribution is 2.12. The number of nitrogens with zero attached hydrogens (tertiary/aromatic N) is 3. The standard InChI is InChI=1S/C13H20N4O.2ClH/c1-10-8-14-6-7-17(10)13(18)11-4-5-12(15-9-11)16(2)3;;/h4-5,9-10,14H,6-8H2,1-3H3;2*1H/t10-;;/m1../s1. The Hall–Kier alpha value is -1.04. The molecule has 0 unspecified atom stereocenters. The van der Waals surface area contributed by atoms with Crippen molar-refractivity contribution in [3.63, 3.8) is 0 Å². The number of carbonyl (C=O) groups is 1. The van der Waals surface area contributed by atoms with Gasteiger partial charge in [0, 0.05) is 46.0 Å². The number of hydrogen-bond donors (Lipinski definition) is 1. The molecule has 1 amide bonds. The molecule has 114 valence electrons. The Balaban J connectivity index is 0.00000180. The molecule has 1 aliphatic heterocycles. The molecule has 0 spiro atoms. The van der Waals surface area contributed by atoms with Crippen LogP contribution in [0.4, 0.5) is 5.82 Å². The summed E-state index contributed by atoms with van der Waals surface area (Å²) < 4.78 is 0. The van der Waals surface area contributed by atoms with Gasteiger partial charge >= 0.3 is 0 Å². The lowest BCUT2D eigenvalue weighted by molar-refractivity contribution is 0.0655. The van der Waals surface area contributed by atoms with Gasteiger partial charge in [0.05, 0.1) is 5.56 Å². The second-order valence-electron chi connectivity index (χ2n) is 4.85. The zero-order valence-electron chi connectivity index (χ0n) is 12.0. The molecule has 20 heavy (non-hydrogen) atoms. The highest BCUT2D eigenvalue weighted by Gasteiger charge is 2.24. The van der Waals surface area contributed by atoms with Gasteiger partial charge < -0.3 is 15.1 Å².